The maximum absolute atomic E-state index is 11.2. The lowest BCUT2D eigenvalue weighted by atomic mass is 10.0. The summed E-state index contributed by atoms with van der Waals surface area (Å²) in [5.74, 6) is -0.452. The normalized spacial score (nSPS) is 10.4. The molecule has 0 aliphatic carbocycles. The highest BCUT2D eigenvalue weighted by atomic mass is 16.6. The van der Waals surface area contributed by atoms with Gasteiger partial charge in [-0.2, -0.15) is 0 Å². The summed E-state index contributed by atoms with van der Waals surface area (Å²) in [5.41, 5.74) is 3.08. The van der Waals surface area contributed by atoms with Gasteiger partial charge in [-0.25, -0.2) is 0 Å². The average molecular weight is 363 g/mol. The van der Waals surface area contributed by atoms with Crippen molar-refractivity contribution in [3.63, 3.8) is 0 Å². The van der Waals surface area contributed by atoms with E-state index in [4.69, 9.17) is 4.74 Å². The van der Waals surface area contributed by atoms with Gasteiger partial charge in [-0.15, -0.1) is 0 Å². The lowest BCUT2D eigenvalue weighted by molar-refractivity contribution is -0.384. The number of ether oxygens (including phenoxy) is 1. The molecule has 136 valence electrons. The highest BCUT2D eigenvalue weighted by Crippen LogP contribution is 2.29. The summed E-state index contributed by atoms with van der Waals surface area (Å²) < 4.78 is 5.81. The molecule has 0 aromatic heterocycles. The molecule has 27 heavy (non-hydrogen) atoms. The first-order chi connectivity index (χ1) is 13.0. The summed E-state index contributed by atoms with van der Waals surface area (Å²) in [5, 5.41) is 20.0. The fourth-order valence-corrected chi connectivity index (χ4v) is 2.71. The Balaban J connectivity index is 1.86. The molecule has 3 aromatic rings. The standard InChI is InChI=1S/C21H17NO5/c23-21(24)13-18-12-17(16-6-9-19(10-7-16)22(25)26)8-11-20(18)27-14-15-4-2-1-3-5-15/h1-12H,13-14H2,(H,23,24). The molecule has 0 saturated carbocycles. The van der Waals surface area contributed by atoms with E-state index >= 15 is 0 Å². The summed E-state index contributed by atoms with van der Waals surface area (Å²) in [4.78, 5) is 21.6. The van der Waals surface area contributed by atoms with Crippen molar-refractivity contribution in [3.05, 3.63) is 94.0 Å². The maximum atomic E-state index is 11.2. The molecule has 0 amide bonds. The minimum atomic E-state index is -0.958. The zero-order valence-electron chi connectivity index (χ0n) is 14.4. The van der Waals surface area contributed by atoms with Crippen LogP contribution in [0.3, 0.4) is 0 Å². The van der Waals surface area contributed by atoms with Crippen molar-refractivity contribution in [3.8, 4) is 16.9 Å². The molecule has 6 nitrogen and oxygen atoms in total. The third-order valence-corrected chi connectivity index (χ3v) is 4.05. The van der Waals surface area contributed by atoms with Crippen LogP contribution in [0.1, 0.15) is 11.1 Å². The Labute approximate surface area is 155 Å². The molecule has 0 radical (unpaired) electrons. The van der Waals surface area contributed by atoms with Gasteiger partial charge in [-0.3, -0.25) is 14.9 Å². The molecule has 3 aromatic carbocycles. The molecule has 0 saturated heterocycles. The zero-order valence-corrected chi connectivity index (χ0v) is 14.4. The van der Waals surface area contributed by atoms with E-state index in [1.807, 2.05) is 36.4 Å². The van der Waals surface area contributed by atoms with Crippen molar-refractivity contribution >= 4 is 11.7 Å². The Morgan fingerprint density at radius 3 is 2.26 bits per heavy atom. The number of hydrogen-bond donors (Lipinski definition) is 1. The second-order valence-corrected chi connectivity index (χ2v) is 5.97. The number of aliphatic carboxylic acids is 1. The number of nitro groups is 1. The number of carboxylic acids is 1. The molecule has 0 aliphatic heterocycles. The van der Waals surface area contributed by atoms with Gasteiger partial charge in [-0.1, -0.05) is 36.4 Å². The van der Waals surface area contributed by atoms with Gasteiger partial charge in [0.2, 0.25) is 0 Å². The molecule has 1 N–H and O–H groups in total. The first-order valence-corrected chi connectivity index (χ1v) is 8.29. The monoisotopic (exact) mass is 363 g/mol. The third-order valence-electron chi connectivity index (χ3n) is 4.05. The summed E-state index contributed by atoms with van der Waals surface area (Å²) in [6, 6.07) is 21.0. The van der Waals surface area contributed by atoms with E-state index in [0.29, 0.717) is 17.9 Å². The first-order valence-electron chi connectivity index (χ1n) is 8.29. The number of non-ortho nitro benzene ring substituents is 1. The predicted octanol–water partition coefficient (Wildman–Crippen LogP) is 4.47. The van der Waals surface area contributed by atoms with E-state index < -0.39 is 10.9 Å². The summed E-state index contributed by atoms with van der Waals surface area (Å²) >= 11 is 0. The van der Waals surface area contributed by atoms with Crippen LogP contribution < -0.4 is 4.74 Å². The summed E-state index contributed by atoms with van der Waals surface area (Å²) in [7, 11) is 0. The van der Waals surface area contributed by atoms with Crippen molar-refractivity contribution in [1.82, 2.24) is 0 Å². The van der Waals surface area contributed by atoms with Crippen LogP contribution >= 0.6 is 0 Å². The topological polar surface area (TPSA) is 89.7 Å². The Bertz CT molecular complexity index is 952. The lowest BCUT2D eigenvalue weighted by Gasteiger charge is -2.13. The molecule has 0 atom stereocenters. The second-order valence-electron chi connectivity index (χ2n) is 5.97. The molecule has 0 fully saturated rings. The summed E-state index contributed by atoms with van der Waals surface area (Å²) in [6.45, 7) is 0.338. The highest BCUT2D eigenvalue weighted by molar-refractivity contribution is 5.74. The Kier molecular flexibility index (Phi) is 5.47. The van der Waals surface area contributed by atoms with E-state index in [9.17, 15) is 20.0 Å². The molecular formula is C21H17NO5. The SMILES string of the molecule is O=C(O)Cc1cc(-c2ccc([N+](=O)[O-])cc2)ccc1OCc1ccccc1. The van der Waals surface area contributed by atoms with Crippen LogP contribution in [0.15, 0.2) is 72.8 Å². The second kappa shape index (κ2) is 8.14. The number of nitro benzene ring substituents is 1. The third kappa shape index (κ3) is 4.70. The number of rotatable bonds is 7. The minimum absolute atomic E-state index is 0.00678. The van der Waals surface area contributed by atoms with Crippen LogP contribution in [0.4, 0.5) is 5.69 Å². The maximum Gasteiger partial charge on any atom is 0.307 e. The van der Waals surface area contributed by atoms with Crippen LogP contribution in [0, 0.1) is 10.1 Å². The molecule has 0 spiro atoms. The van der Waals surface area contributed by atoms with Gasteiger partial charge in [0, 0.05) is 17.7 Å². The van der Waals surface area contributed by atoms with E-state index in [-0.39, 0.29) is 12.1 Å². The minimum Gasteiger partial charge on any atom is -0.489 e. The van der Waals surface area contributed by atoms with Crippen LogP contribution in [0.2, 0.25) is 0 Å². The van der Waals surface area contributed by atoms with Gasteiger partial charge in [0.1, 0.15) is 12.4 Å². The smallest absolute Gasteiger partial charge is 0.307 e. The van der Waals surface area contributed by atoms with E-state index in [2.05, 4.69) is 0 Å². The van der Waals surface area contributed by atoms with Crippen LogP contribution in [-0.4, -0.2) is 16.0 Å². The molecule has 3 rings (SSSR count). The number of carbonyl (C=O) groups is 1. The largest absolute Gasteiger partial charge is 0.489 e. The van der Waals surface area contributed by atoms with Crippen molar-refractivity contribution in [2.45, 2.75) is 13.0 Å². The van der Waals surface area contributed by atoms with E-state index in [1.165, 1.54) is 12.1 Å². The quantitative estimate of drug-likeness (QED) is 0.494. The summed E-state index contributed by atoms with van der Waals surface area (Å²) in [6.07, 6.45) is -0.176. The van der Waals surface area contributed by atoms with Crippen molar-refractivity contribution < 1.29 is 19.6 Å². The number of benzene rings is 3. The molecule has 0 bridgehead atoms. The number of carboxylic acid groups (broad SMARTS) is 1. The molecular weight excluding hydrogens is 346 g/mol. The van der Waals surface area contributed by atoms with Gasteiger partial charge in [0.25, 0.3) is 5.69 Å². The highest BCUT2D eigenvalue weighted by Gasteiger charge is 2.12. The van der Waals surface area contributed by atoms with Gasteiger partial charge >= 0.3 is 5.97 Å². The first kappa shape index (κ1) is 18.1. The van der Waals surface area contributed by atoms with Crippen LogP contribution in [0.25, 0.3) is 11.1 Å². The van der Waals surface area contributed by atoms with Gasteiger partial charge in [0.15, 0.2) is 0 Å². The zero-order chi connectivity index (χ0) is 19.2. The lowest BCUT2D eigenvalue weighted by Crippen LogP contribution is -2.04. The Hall–Kier alpha value is -3.67. The van der Waals surface area contributed by atoms with Crippen molar-refractivity contribution in [2.75, 3.05) is 0 Å². The Morgan fingerprint density at radius 1 is 0.963 bits per heavy atom. The average Bonchev–Trinajstić information content (AvgIpc) is 2.67. The number of nitrogens with zero attached hydrogens (tertiary/aromatic N) is 1. The van der Waals surface area contributed by atoms with Gasteiger partial charge in [0.05, 0.1) is 11.3 Å². The molecule has 0 aliphatic rings. The van der Waals surface area contributed by atoms with Crippen molar-refractivity contribution in [2.24, 2.45) is 0 Å². The Morgan fingerprint density at radius 2 is 1.63 bits per heavy atom. The van der Waals surface area contributed by atoms with E-state index in [1.54, 1.807) is 24.3 Å². The van der Waals surface area contributed by atoms with Crippen LogP contribution in [-0.2, 0) is 17.8 Å². The van der Waals surface area contributed by atoms with Gasteiger partial charge in [-0.05, 0) is 41.0 Å². The molecule has 0 unspecified atom stereocenters. The fourth-order valence-electron chi connectivity index (χ4n) is 2.71. The number of hydrogen-bond acceptors (Lipinski definition) is 4. The van der Waals surface area contributed by atoms with Crippen molar-refractivity contribution in [1.29, 1.82) is 0 Å². The van der Waals surface area contributed by atoms with E-state index in [0.717, 1.165) is 16.7 Å². The predicted molar refractivity (Wildman–Crippen MR) is 101 cm³/mol. The molecule has 6 heteroatoms. The van der Waals surface area contributed by atoms with Gasteiger partial charge < -0.3 is 9.84 Å². The fraction of sp³-hybridized carbons (Fsp3) is 0.0952. The van der Waals surface area contributed by atoms with Crippen LogP contribution in [0.5, 0.6) is 5.75 Å². The molecule has 0 heterocycles.